The van der Waals surface area contributed by atoms with E-state index in [1.165, 1.54) is 0 Å². The molecule has 0 spiro atoms. The molecule has 6 nitrogen and oxygen atoms in total. The van der Waals surface area contributed by atoms with Gasteiger partial charge in [0.2, 0.25) is 11.7 Å². The quantitative estimate of drug-likeness (QED) is 0.782. The van der Waals surface area contributed by atoms with Crippen molar-refractivity contribution in [1.82, 2.24) is 10.6 Å². The van der Waals surface area contributed by atoms with Crippen molar-refractivity contribution in [3.05, 3.63) is 17.7 Å². The van der Waals surface area contributed by atoms with E-state index in [9.17, 15) is 4.79 Å². The Labute approximate surface area is 141 Å². The minimum absolute atomic E-state index is 0.0405. The van der Waals surface area contributed by atoms with E-state index in [4.69, 9.17) is 14.2 Å². The van der Waals surface area contributed by atoms with Crippen LogP contribution in [0.25, 0.3) is 0 Å². The minimum atomic E-state index is 0.0405. The molecule has 128 valence electrons. The van der Waals surface area contributed by atoms with E-state index in [0.29, 0.717) is 30.2 Å². The maximum Gasteiger partial charge on any atom is 0.221 e. The zero-order valence-corrected chi connectivity index (χ0v) is 14.6. The standard InChI is InChI=1S/C16H24N2O4S/c1-20-13-6-11(7-14(21-2)16(13)22-3)9-18-15(19)8-12-10-23-5-4-17-12/h6-7,12,17H,4-5,8-10H2,1-3H3,(H,18,19). The first-order valence-electron chi connectivity index (χ1n) is 7.54. The lowest BCUT2D eigenvalue weighted by Gasteiger charge is -2.22. The number of ether oxygens (including phenoxy) is 3. The van der Waals surface area contributed by atoms with Gasteiger partial charge in [0, 0.05) is 37.1 Å². The fraction of sp³-hybridized carbons (Fsp3) is 0.562. The molecule has 1 aromatic rings. The summed E-state index contributed by atoms with van der Waals surface area (Å²) in [5.41, 5.74) is 0.902. The molecule has 0 saturated carbocycles. The molecule has 1 heterocycles. The van der Waals surface area contributed by atoms with Gasteiger partial charge >= 0.3 is 0 Å². The van der Waals surface area contributed by atoms with Gasteiger partial charge in [-0.1, -0.05) is 0 Å². The van der Waals surface area contributed by atoms with Crippen LogP contribution >= 0.6 is 11.8 Å². The monoisotopic (exact) mass is 340 g/mol. The Morgan fingerprint density at radius 2 is 1.96 bits per heavy atom. The molecule has 1 amide bonds. The van der Waals surface area contributed by atoms with E-state index in [0.717, 1.165) is 23.6 Å². The van der Waals surface area contributed by atoms with Gasteiger partial charge < -0.3 is 24.8 Å². The zero-order valence-electron chi connectivity index (χ0n) is 13.8. The second-order valence-corrected chi connectivity index (χ2v) is 6.39. The smallest absolute Gasteiger partial charge is 0.221 e. The summed E-state index contributed by atoms with van der Waals surface area (Å²) in [5, 5.41) is 6.31. The Kier molecular flexibility index (Phi) is 6.85. The van der Waals surface area contributed by atoms with Crippen molar-refractivity contribution in [2.45, 2.75) is 19.0 Å². The van der Waals surface area contributed by atoms with Crippen LogP contribution in [0.1, 0.15) is 12.0 Å². The molecule has 1 aliphatic heterocycles. The van der Waals surface area contributed by atoms with Crippen molar-refractivity contribution in [2.24, 2.45) is 0 Å². The lowest BCUT2D eigenvalue weighted by Crippen LogP contribution is -2.41. The number of methoxy groups -OCH3 is 3. The fourth-order valence-electron chi connectivity index (χ4n) is 2.48. The topological polar surface area (TPSA) is 68.8 Å². The molecule has 7 heteroatoms. The molecular formula is C16H24N2O4S. The van der Waals surface area contributed by atoms with Crippen molar-refractivity contribution < 1.29 is 19.0 Å². The maximum atomic E-state index is 12.1. The number of carbonyl (C=O) groups excluding carboxylic acids is 1. The third-order valence-corrected chi connectivity index (χ3v) is 4.78. The summed E-state index contributed by atoms with van der Waals surface area (Å²) >= 11 is 1.88. The largest absolute Gasteiger partial charge is 0.493 e. The van der Waals surface area contributed by atoms with Crippen LogP contribution in [0.15, 0.2) is 12.1 Å². The highest BCUT2D eigenvalue weighted by molar-refractivity contribution is 7.99. The first-order valence-corrected chi connectivity index (χ1v) is 8.70. The molecule has 1 fully saturated rings. The average molecular weight is 340 g/mol. The number of hydrogen-bond donors (Lipinski definition) is 2. The van der Waals surface area contributed by atoms with Crippen molar-refractivity contribution in [3.63, 3.8) is 0 Å². The van der Waals surface area contributed by atoms with Gasteiger partial charge in [-0.25, -0.2) is 0 Å². The fourth-order valence-corrected chi connectivity index (χ4v) is 3.43. The van der Waals surface area contributed by atoms with Gasteiger partial charge in [0.05, 0.1) is 21.3 Å². The van der Waals surface area contributed by atoms with Crippen LogP contribution in [-0.4, -0.2) is 51.3 Å². The summed E-state index contributed by atoms with van der Waals surface area (Å²) in [6, 6.07) is 3.95. The van der Waals surface area contributed by atoms with Gasteiger partial charge in [0.1, 0.15) is 0 Å². The normalized spacial score (nSPS) is 17.4. The number of nitrogens with one attached hydrogen (secondary N) is 2. The molecule has 1 atom stereocenters. The Morgan fingerprint density at radius 3 is 2.48 bits per heavy atom. The van der Waals surface area contributed by atoms with E-state index < -0.39 is 0 Å². The molecule has 0 radical (unpaired) electrons. The first-order chi connectivity index (χ1) is 11.2. The Balaban J connectivity index is 1.95. The summed E-state index contributed by atoms with van der Waals surface area (Å²) in [5.74, 6) is 3.86. The number of amides is 1. The van der Waals surface area contributed by atoms with Gasteiger partial charge in [-0.3, -0.25) is 4.79 Å². The van der Waals surface area contributed by atoms with Crippen LogP contribution in [-0.2, 0) is 11.3 Å². The van der Waals surface area contributed by atoms with Crippen molar-refractivity contribution in [2.75, 3.05) is 39.4 Å². The summed E-state index contributed by atoms with van der Waals surface area (Å²) in [6.45, 7) is 1.39. The highest BCUT2D eigenvalue weighted by atomic mass is 32.2. The molecule has 1 aromatic carbocycles. The molecular weight excluding hydrogens is 316 g/mol. The highest BCUT2D eigenvalue weighted by Gasteiger charge is 2.17. The summed E-state index contributed by atoms with van der Waals surface area (Å²) < 4.78 is 15.9. The molecule has 1 aliphatic rings. The molecule has 2 N–H and O–H groups in total. The van der Waals surface area contributed by atoms with Crippen molar-refractivity contribution >= 4 is 17.7 Å². The number of hydrogen-bond acceptors (Lipinski definition) is 6. The summed E-state index contributed by atoms with van der Waals surface area (Å²) in [4.78, 5) is 12.1. The Bertz CT molecular complexity index is 508. The molecule has 2 rings (SSSR count). The number of thioether (sulfide) groups is 1. The van der Waals surface area contributed by atoms with Crippen LogP contribution in [0.4, 0.5) is 0 Å². The van der Waals surface area contributed by atoms with Crippen molar-refractivity contribution in [1.29, 1.82) is 0 Å². The highest BCUT2D eigenvalue weighted by Crippen LogP contribution is 2.38. The van der Waals surface area contributed by atoms with E-state index in [1.807, 2.05) is 23.9 Å². The number of rotatable bonds is 7. The maximum absolute atomic E-state index is 12.1. The SMILES string of the molecule is COc1cc(CNC(=O)CC2CSCCN2)cc(OC)c1OC. The molecule has 23 heavy (non-hydrogen) atoms. The van der Waals surface area contributed by atoms with Gasteiger partial charge in [-0.15, -0.1) is 0 Å². The second-order valence-electron chi connectivity index (χ2n) is 5.24. The van der Waals surface area contributed by atoms with E-state index in [2.05, 4.69) is 10.6 Å². The molecule has 0 aliphatic carbocycles. The minimum Gasteiger partial charge on any atom is -0.493 e. The second kappa shape index (κ2) is 8.88. The summed E-state index contributed by atoms with van der Waals surface area (Å²) in [7, 11) is 4.72. The molecule has 1 saturated heterocycles. The lowest BCUT2D eigenvalue weighted by molar-refractivity contribution is -0.121. The zero-order chi connectivity index (χ0) is 16.7. The molecule has 0 bridgehead atoms. The summed E-state index contributed by atoms with van der Waals surface area (Å²) in [6.07, 6.45) is 0.497. The third-order valence-electron chi connectivity index (χ3n) is 3.64. The van der Waals surface area contributed by atoms with Crippen LogP contribution in [0.2, 0.25) is 0 Å². The lowest BCUT2D eigenvalue weighted by atomic mass is 10.1. The molecule has 0 aromatic heterocycles. The van der Waals surface area contributed by atoms with E-state index in [-0.39, 0.29) is 11.9 Å². The van der Waals surface area contributed by atoms with Gasteiger partial charge in [-0.05, 0) is 17.7 Å². The van der Waals surface area contributed by atoms with Gasteiger partial charge in [0.15, 0.2) is 11.5 Å². The molecule has 1 unspecified atom stereocenters. The van der Waals surface area contributed by atoms with Crippen LogP contribution in [0.3, 0.4) is 0 Å². The predicted octanol–water partition coefficient (Wildman–Crippen LogP) is 1.42. The van der Waals surface area contributed by atoms with E-state index in [1.54, 1.807) is 21.3 Å². The van der Waals surface area contributed by atoms with Crippen LogP contribution < -0.4 is 24.8 Å². The van der Waals surface area contributed by atoms with Crippen LogP contribution in [0, 0.1) is 0 Å². The third kappa shape index (κ3) is 4.94. The van der Waals surface area contributed by atoms with Crippen molar-refractivity contribution in [3.8, 4) is 17.2 Å². The number of benzene rings is 1. The average Bonchev–Trinajstić information content (AvgIpc) is 2.59. The first kappa shape index (κ1) is 17.7. The Hall–Kier alpha value is -1.60. The van der Waals surface area contributed by atoms with Crippen LogP contribution in [0.5, 0.6) is 17.2 Å². The van der Waals surface area contributed by atoms with Gasteiger partial charge in [0.25, 0.3) is 0 Å². The Morgan fingerprint density at radius 1 is 1.26 bits per heavy atom. The number of carbonyl (C=O) groups is 1. The van der Waals surface area contributed by atoms with E-state index >= 15 is 0 Å². The predicted molar refractivity (Wildman–Crippen MR) is 91.7 cm³/mol. The van der Waals surface area contributed by atoms with Gasteiger partial charge in [-0.2, -0.15) is 11.8 Å².